The molecule has 0 aliphatic heterocycles. The van der Waals surface area contributed by atoms with Gasteiger partial charge in [-0.3, -0.25) is 4.79 Å². The first-order valence-electron chi connectivity index (χ1n) is 4.54. The quantitative estimate of drug-likeness (QED) is 0.836. The smallest absolute Gasteiger partial charge is 0.310 e. The third kappa shape index (κ3) is 2.26. The van der Waals surface area contributed by atoms with Gasteiger partial charge in [0.15, 0.2) is 0 Å². The number of carboxylic acids is 1. The van der Waals surface area contributed by atoms with Crippen LogP contribution in [0.4, 0.5) is 4.39 Å². The van der Waals surface area contributed by atoms with Crippen LogP contribution in [0.15, 0.2) is 12.1 Å². The molecule has 0 aliphatic rings. The second-order valence-electron chi connectivity index (χ2n) is 3.38. The molecule has 1 atom stereocenters. The van der Waals surface area contributed by atoms with Gasteiger partial charge < -0.3 is 9.84 Å². The Morgan fingerprint density at radius 3 is 2.60 bits per heavy atom. The molecule has 0 bridgehead atoms. The van der Waals surface area contributed by atoms with E-state index in [1.807, 2.05) is 0 Å². The number of methoxy groups -OCH3 is 1. The maximum atomic E-state index is 13.1. The van der Waals surface area contributed by atoms with Gasteiger partial charge in [0, 0.05) is 6.07 Å². The van der Waals surface area contributed by atoms with Crippen LogP contribution >= 0.6 is 0 Å². The van der Waals surface area contributed by atoms with Crippen LogP contribution in [0.3, 0.4) is 0 Å². The van der Waals surface area contributed by atoms with Crippen molar-refractivity contribution in [1.29, 1.82) is 0 Å². The molecule has 1 rings (SSSR count). The summed E-state index contributed by atoms with van der Waals surface area (Å²) in [5.41, 5.74) is 1.10. The van der Waals surface area contributed by atoms with Crippen LogP contribution in [0.5, 0.6) is 5.75 Å². The third-order valence-electron chi connectivity index (χ3n) is 2.42. The summed E-state index contributed by atoms with van der Waals surface area (Å²) in [5, 5.41) is 8.85. The van der Waals surface area contributed by atoms with Crippen LogP contribution in [-0.2, 0) is 4.79 Å². The van der Waals surface area contributed by atoms with E-state index in [0.29, 0.717) is 16.9 Å². The first-order valence-corrected chi connectivity index (χ1v) is 4.54. The Bertz CT molecular complexity index is 388. The number of carbonyl (C=O) groups is 1. The minimum atomic E-state index is -0.981. The molecule has 1 aromatic carbocycles. The first kappa shape index (κ1) is 11.5. The molecule has 0 aliphatic carbocycles. The molecule has 0 spiro atoms. The molecule has 3 nitrogen and oxygen atoms in total. The lowest BCUT2D eigenvalue weighted by Gasteiger charge is -2.13. The highest BCUT2D eigenvalue weighted by Crippen LogP contribution is 2.28. The van der Waals surface area contributed by atoms with Gasteiger partial charge in [-0.05, 0) is 31.0 Å². The predicted octanol–water partition coefficient (Wildman–Crippen LogP) is 2.33. The fourth-order valence-electron chi connectivity index (χ4n) is 1.47. The zero-order chi connectivity index (χ0) is 11.6. The van der Waals surface area contributed by atoms with E-state index in [-0.39, 0.29) is 0 Å². The Hall–Kier alpha value is -1.58. The van der Waals surface area contributed by atoms with E-state index in [9.17, 15) is 9.18 Å². The van der Waals surface area contributed by atoms with Crippen molar-refractivity contribution in [2.45, 2.75) is 19.8 Å². The number of ether oxygens (including phenoxy) is 1. The lowest BCUT2D eigenvalue weighted by molar-refractivity contribution is -0.138. The highest BCUT2D eigenvalue weighted by atomic mass is 19.1. The second kappa shape index (κ2) is 4.29. The van der Waals surface area contributed by atoms with Crippen LogP contribution < -0.4 is 4.74 Å². The zero-order valence-electron chi connectivity index (χ0n) is 8.87. The van der Waals surface area contributed by atoms with Crippen molar-refractivity contribution in [3.8, 4) is 5.75 Å². The molecule has 1 aromatic rings. The average Bonchev–Trinajstić information content (AvgIpc) is 2.19. The van der Waals surface area contributed by atoms with Crippen molar-refractivity contribution in [3.05, 3.63) is 29.1 Å². The first-order chi connectivity index (χ1) is 6.97. The standard InChI is InChI=1S/C11H13FO3/c1-6-9(7(2)11(13)14)4-8(12)5-10(6)15-3/h4-5,7H,1-3H3,(H,13,14). The van der Waals surface area contributed by atoms with E-state index in [1.165, 1.54) is 26.2 Å². The normalized spacial score (nSPS) is 12.3. The van der Waals surface area contributed by atoms with Gasteiger partial charge in [0.25, 0.3) is 0 Å². The minimum absolute atomic E-state index is 0.373. The van der Waals surface area contributed by atoms with Gasteiger partial charge in [0.2, 0.25) is 0 Å². The number of rotatable bonds is 3. The van der Waals surface area contributed by atoms with Crippen molar-refractivity contribution < 1.29 is 19.0 Å². The lowest BCUT2D eigenvalue weighted by atomic mass is 9.96. The molecule has 1 N–H and O–H groups in total. The minimum Gasteiger partial charge on any atom is -0.496 e. The Balaban J connectivity index is 3.28. The number of hydrogen-bond acceptors (Lipinski definition) is 2. The SMILES string of the molecule is COc1cc(F)cc(C(C)C(=O)O)c1C. The summed E-state index contributed by atoms with van der Waals surface area (Å²) in [5.74, 6) is -1.83. The van der Waals surface area contributed by atoms with Crippen molar-refractivity contribution in [1.82, 2.24) is 0 Å². The molecule has 15 heavy (non-hydrogen) atoms. The summed E-state index contributed by atoms with van der Waals surface area (Å²) in [6.45, 7) is 3.23. The van der Waals surface area contributed by atoms with Crippen LogP contribution in [0.2, 0.25) is 0 Å². The summed E-state index contributed by atoms with van der Waals surface area (Å²) in [4.78, 5) is 10.8. The highest BCUT2D eigenvalue weighted by Gasteiger charge is 2.19. The second-order valence-corrected chi connectivity index (χ2v) is 3.38. The topological polar surface area (TPSA) is 46.5 Å². The number of carboxylic acid groups (broad SMARTS) is 1. The van der Waals surface area contributed by atoms with Crippen molar-refractivity contribution in [2.75, 3.05) is 7.11 Å². The summed E-state index contributed by atoms with van der Waals surface area (Å²) in [6, 6.07) is 2.48. The predicted molar refractivity (Wildman–Crippen MR) is 53.7 cm³/mol. The van der Waals surface area contributed by atoms with E-state index in [1.54, 1.807) is 6.92 Å². The van der Waals surface area contributed by atoms with Gasteiger partial charge in [0.05, 0.1) is 13.0 Å². The van der Waals surface area contributed by atoms with E-state index >= 15 is 0 Å². The number of hydrogen-bond donors (Lipinski definition) is 1. The van der Waals surface area contributed by atoms with Gasteiger partial charge in [0.1, 0.15) is 11.6 Å². The largest absolute Gasteiger partial charge is 0.496 e. The molecule has 0 saturated carbocycles. The van der Waals surface area contributed by atoms with Gasteiger partial charge in [-0.2, -0.15) is 0 Å². The fourth-order valence-corrected chi connectivity index (χ4v) is 1.47. The van der Waals surface area contributed by atoms with Crippen LogP contribution in [0.1, 0.15) is 24.0 Å². The molecule has 0 fully saturated rings. The highest BCUT2D eigenvalue weighted by molar-refractivity contribution is 5.76. The third-order valence-corrected chi connectivity index (χ3v) is 2.42. The Morgan fingerprint density at radius 1 is 1.53 bits per heavy atom. The molecule has 1 unspecified atom stereocenters. The van der Waals surface area contributed by atoms with Gasteiger partial charge in [-0.15, -0.1) is 0 Å². The van der Waals surface area contributed by atoms with Gasteiger partial charge >= 0.3 is 5.97 Å². The zero-order valence-corrected chi connectivity index (χ0v) is 8.87. The summed E-state index contributed by atoms with van der Waals surface area (Å²) < 4.78 is 18.1. The fraction of sp³-hybridized carbons (Fsp3) is 0.364. The van der Waals surface area contributed by atoms with Crippen LogP contribution in [0.25, 0.3) is 0 Å². The van der Waals surface area contributed by atoms with Crippen molar-refractivity contribution in [3.63, 3.8) is 0 Å². The van der Waals surface area contributed by atoms with Crippen molar-refractivity contribution in [2.24, 2.45) is 0 Å². The molecular formula is C11H13FO3. The molecule has 4 heteroatoms. The van der Waals surface area contributed by atoms with Crippen LogP contribution in [-0.4, -0.2) is 18.2 Å². The van der Waals surface area contributed by atoms with E-state index < -0.39 is 17.7 Å². The molecule has 0 radical (unpaired) electrons. The maximum Gasteiger partial charge on any atom is 0.310 e. The molecule has 0 heterocycles. The molecule has 82 valence electrons. The van der Waals surface area contributed by atoms with Gasteiger partial charge in [-0.1, -0.05) is 0 Å². The van der Waals surface area contributed by atoms with E-state index in [4.69, 9.17) is 9.84 Å². The molecular weight excluding hydrogens is 199 g/mol. The summed E-state index contributed by atoms with van der Waals surface area (Å²) in [6.07, 6.45) is 0. The number of aliphatic carboxylic acids is 1. The Morgan fingerprint density at radius 2 is 2.13 bits per heavy atom. The summed E-state index contributed by atoms with van der Waals surface area (Å²) in [7, 11) is 1.43. The summed E-state index contributed by atoms with van der Waals surface area (Å²) >= 11 is 0. The number of halogens is 1. The number of benzene rings is 1. The maximum absolute atomic E-state index is 13.1. The Kier molecular flexibility index (Phi) is 3.29. The Labute approximate surface area is 87.5 Å². The molecule has 0 aromatic heterocycles. The lowest BCUT2D eigenvalue weighted by Crippen LogP contribution is -2.10. The molecule has 0 amide bonds. The van der Waals surface area contributed by atoms with E-state index in [2.05, 4.69) is 0 Å². The van der Waals surface area contributed by atoms with Crippen LogP contribution in [0, 0.1) is 12.7 Å². The monoisotopic (exact) mass is 212 g/mol. The van der Waals surface area contributed by atoms with E-state index in [0.717, 1.165) is 0 Å². The van der Waals surface area contributed by atoms with Crippen molar-refractivity contribution >= 4 is 5.97 Å². The average molecular weight is 212 g/mol. The van der Waals surface area contributed by atoms with Gasteiger partial charge in [-0.25, -0.2) is 4.39 Å². The molecule has 0 saturated heterocycles.